The number of halogens is 3. The molecule has 3 aromatic rings. The normalized spacial score (nSPS) is 10.8. The third kappa shape index (κ3) is 4.24. The molecule has 2 N–H and O–H groups in total. The zero-order valence-corrected chi connectivity index (χ0v) is 13.1. The molecule has 0 saturated carbocycles. The van der Waals surface area contributed by atoms with Crippen LogP contribution in [0.3, 0.4) is 0 Å². The summed E-state index contributed by atoms with van der Waals surface area (Å²) in [6, 6.07) is 13.4. The molecule has 0 aliphatic rings. The number of hydrogen-bond donors (Lipinski definition) is 2. The second kappa shape index (κ2) is 7.06. The maximum atomic E-state index is 12.8. The van der Waals surface area contributed by atoms with E-state index in [2.05, 4.69) is 25.8 Å². The molecule has 3 rings (SSSR count). The summed E-state index contributed by atoms with van der Waals surface area (Å²) in [7, 11) is 0. The third-order valence-electron chi connectivity index (χ3n) is 3.27. The van der Waals surface area contributed by atoms with Crippen molar-refractivity contribution in [3.05, 3.63) is 65.9 Å². The monoisotopic (exact) mass is 356 g/mol. The molecule has 0 bridgehead atoms. The summed E-state index contributed by atoms with van der Waals surface area (Å²) in [5.41, 5.74) is 0.497. The Morgan fingerprint density at radius 3 is 2.42 bits per heavy atom. The van der Waals surface area contributed by atoms with Crippen LogP contribution in [0, 0.1) is 11.3 Å². The maximum Gasteiger partial charge on any atom is 0.416 e. The van der Waals surface area contributed by atoms with Gasteiger partial charge in [-0.05, 0) is 36.4 Å². The summed E-state index contributed by atoms with van der Waals surface area (Å²) in [4.78, 5) is 4.15. The van der Waals surface area contributed by atoms with Crippen molar-refractivity contribution in [1.29, 1.82) is 5.26 Å². The minimum atomic E-state index is -4.43. The Morgan fingerprint density at radius 1 is 0.962 bits per heavy atom. The predicted octanol–water partition coefficient (Wildman–Crippen LogP) is 4.25. The number of nitriles is 1. The van der Waals surface area contributed by atoms with Gasteiger partial charge < -0.3 is 10.6 Å². The number of anilines is 4. The van der Waals surface area contributed by atoms with Crippen LogP contribution in [-0.2, 0) is 6.18 Å². The van der Waals surface area contributed by atoms with Crippen molar-refractivity contribution in [3.63, 3.8) is 0 Å². The van der Waals surface area contributed by atoms with Gasteiger partial charge in [-0.15, -0.1) is 5.10 Å². The van der Waals surface area contributed by atoms with Crippen LogP contribution in [0.15, 0.2) is 54.7 Å². The highest BCUT2D eigenvalue weighted by Crippen LogP contribution is 2.31. The van der Waals surface area contributed by atoms with Gasteiger partial charge in [-0.3, -0.25) is 0 Å². The van der Waals surface area contributed by atoms with E-state index in [9.17, 15) is 13.2 Å². The first-order valence-corrected chi connectivity index (χ1v) is 7.35. The quantitative estimate of drug-likeness (QED) is 0.727. The number of nitrogens with one attached hydrogen (secondary N) is 2. The molecule has 1 aromatic heterocycles. The van der Waals surface area contributed by atoms with Crippen molar-refractivity contribution >= 4 is 23.1 Å². The van der Waals surface area contributed by atoms with Crippen LogP contribution in [0.1, 0.15) is 11.1 Å². The Hall–Kier alpha value is -3.67. The van der Waals surface area contributed by atoms with E-state index in [1.54, 1.807) is 24.3 Å². The van der Waals surface area contributed by atoms with Crippen LogP contribution in [0.2, 0.25) is 0 Å². The Morgan fingerprint density at radius 2 is 1.69 bits per heavy atom. The van der Waals surface area contributed by atoms with E-state index in [-0.39, 0.29) is 17.5 Å². The minimum Gasteiger partial charge on any atom is -0.339 e. The largest absolute Gasteiger partial charge is 0.416 e. The molecule has 0 saturated heterocycles. The van der Waals surface area contributed by atoms with Crippen molar-refractivity contribution in [3.8, 4) is 6.07 Å². The van der Waals surface area contributed by atoms with Gasteiger partial charge >= 0.3 is 6.18 Å². The molecular formula is C17H11F3N6. The smallest absolute Gasteiger partial charge is 0.339 e. The van der Waals surface area contributed by atoms with Gasteiger partial charge in [0.05, 0.1) is 23.4 Å². The van der Waals surface area contributed by atoms with E-state index in [1.807, 2.05) is 6.07 Å². The van der Waals surface area contributed by atoms with Gasteiger partial charge in [0.15, 0.2) is 5.82 Å². The average molecular weight is 356 g/mol. The van der Waals surface area contributed by atoms with Crippen LogP contribution in [0.25, 0.3) is 0 Å². The fraction of sp³-hybridized carbons (Fsp3) is 0.0588. The SMILES string of the molecule is N#Cc1cccc(Nc2nncc(Nc3cccc(C(F)(F)F)c3)n2)c1. The second-order valence-electron chi connectivity index (χ2n) is 5.19. The minimum absolute atomic E-state index is 0.136. The summed E-state index contributed by atoms with van der Waals surface area (Å²) >= 11 is 0. The molecule has 0 radical (unpaired) electrons. The molecule has 0 atom stereocenters. The summed E-state index contributed by atoms with van der Waals surface area (Å²) in [6.07, 6.45) is -3.14. The standard InChI is InChI=1S/C17H11F3N6/c18-17(19,20)12-4-2-6-14(8-12)23-15-10-22-26-16(25-15)24-13-5-1-3-11(7-13)9-21/h1-8,10H,(H2,23,24,25,26). The lowest BCUT2D eigenvalue weighted by atomic mass is 10.2. The summed E-state index contributed by atoms with van der Waals surface area (Å²) in [5, 5.41) is 22.1. The first-order valence-electron chi connectivity index (χ1n) is 7.35. The highest BCUT2D eigenvalue weighted by atomic mass is 19.4. The van der Waals surface area contributed by atoms with Gasteiger partial charge in [0.2, 0.25) is 5.95 Å². The second-order valence-corrected chi connectivity index (χ2v) is 5.19. The highest BCUT2D eigenvalue weighted by Gasteiger charge is 2.30. The van der Waals surface area contributed by atoms with Gasteiger partial charge in [-0.25, -0.2) is 0 Å². The van der Waals surface area contributed by atoms with Crippen LogP contribution < -0.4 is 10.6 Å². The molecule has 26 heavy (non-hydrogen) atoms. The van der Waals surface area contributed by atoms with E-state index in [0.717, 1.165) is 12.1 Å². The Balaban J connectivity index is 1.78. The van der Waals surface area contributed by atoms with Crippen molar-refractivity contribution in [2.45, 2.75) is 6.18 Å². The van der Waals surface area contributed by atoms with Gasteiger partial charge in [0, 0.05) is 11.4 Å². The molecule has 2 aromatic carbocycles. The average Bonchev–Trinajstić information content (AvgIpc) is 2.62. The fourth-order valence-corrected chi connectivity index (χ4v) is 2.13. The van der Waals surface area contributed by atoms with E-state index >= 15 is 0 Å². The lowest BCUT2D eigenvalue weighted by Gasteiger charge is -2.10. The summed E-state index contributed by atoms with van der Waals surface area (Å²) < 4.78 is 38.3. The molecule has 1 heterocycles. The number of alkyl halides is 3. The molecule has 0 aliphatic heterocycles. The lowest BCUT2D eigenvalue weighted by molar-refractivity contribution is -0.137. The predicted molar refractivity (Wildman–Crippen MR) is 89.0 cm³/mol. The maximum absolute atomic E-state index is 12.8. The van der Waals surface area contributed by atoms with E-state index in [4.69, 9.17) is 5.26 Å². The number of benzene rings is 2. The first kappa shape index (κ1) is 17.2. The Bertz CT molecular complexity index is 965. The van der Waals surface area contributed by atoms with Gasteiger partial charge in [-0.2, -0.15) is 28.5 Å². The van der Waals surface area contributed by atoms with Crippen LogP contribution in [0.5, 0.6) is 0 Å². The van der Waals surface area contributed by atoms with Crippen molar-refractivity contribution in [1.82, 2.24) is 15.2 Å². The molecule has 0 amide bonds. The molecule has 130 valence electrons. The number of aromatic nitrogens is 3. The molecular weight excluding hydrogens is 345 g/mol. The summed E-state index contributed by atoms with van der Waals surface area (Å²) in [6.45, 7) is 0. The van der Waals surface area contributed by atoms with Gasteiger partial charge in [-0.1, -0.05) is 12.1 Å². The van der Waals surface area contributed by atoms with E-state index < -0.39 is 11.7 Å². The Labute approximate surface area is 146 Å². The molecule has 6 nitrogen and oxygen atoms in total. The number of hydrogen-bond acceptors (Lipinski definition) is 6. The number of rotatable bonds is 4. The van der Waals surface area contributed by atoms with E-state index in [1.165, 1.54) is 18.3 Å². The summed E-state index contributed by atoms with van der Waals surface area (Å²) in [5.74, 6) is 0.357. The molecule has 0 fully saturated rings. The molecule has 0 spiro atoms. The van der Waals surface area contributed by atoms with Crippen LogP contribution in [-0.4, -0.2) is 15.2 Å². The van der Waals surface area contributed by atoms with Gasteiger partial charge in [0.1, 0.15) is 0 Å². The molecule has 0 unspecified atom stereocenters. The van der Waals surface area contributed by atoms with Crippen molar-refractivity contribution in [2.24, 2.45) is 0 Å². The lowest BCUT2D eigenvalue weighted by Crippen LogP contribution is -2.06. The van der Waals surface area contributed by atoms with E-state index in [0.29, 0.717) is 11.3 Å². The van der Waals surface area contributed by atoms with Crippen molar-refractivity contribution in [2.75, 3.05) is 10.6 Å². The highest BCUT2D eigenvalue weighted by molar-refractivity contribution is 5.60. The van der Waals surface area contributed by atoms with Crippen LogP contribution in [0.4, 0.5) is 36.3 Å². The van der Waals surface area contributed by atoms with Crippen LogP contribution >= 0.6 is 0 Å². The first-order chi connectivity index (χ1) is 12.4. The zero-order valence-electron chi connectivity index (χ0n) is 13.1. The molecule has 9 heteroatoms. The third-order valence-corrected chi connectivity index (χ3v) is 3.27. The zero-order chi connectivity index (χ0) is 18.6. The Kier molecular flexibility index (Phi) is 4.66. The number of nitrogens with zero attached hydrogens (tertiary/aromatic N) is 4. The van der Waals surface area contributed by atoms with Crippen molar-refractivity contribution < 1.29 is 13.2 Å². The molecule has 0 aliphatic carbocycles. The van der Waals surface area contributed by atoms with Gasteiger partial charge in [0.25, 0.3) is 0 Å². The topological polar surface area (TPSA) is 86.5 Å². The fourth-order valence-electron chi connectivity index (χ4n) is 2.13.